The molecule has 3 heteroatoms. The number of halogens is 1. The van der Waals surface area contributed by atoms with Gasteiger partial charge >= 0.3 is 6.04 Å². The SMILES string of the molecule is N#CCc1ccccc1C(=O)F. The van der Waals surface area contributed by atoms with Crippen molar-refractivity contribution in [3.05, 3.63) is 35.4 Å². The summed E-state index contributed by atoms with van der Waals surface area (Å²) < 4.78 is 12.3. The highest BCUT2D eigenvalue weighted by atomic mass is 19.1. The van der Waals surface area contributed by atoms with Crippen LogP contribution in [0.4, 0.5) is 4.39 Å². The molecule has 0 atom stereocenters. The Labute approximate surface area is 69.2 Å². The fourth-order valence-corrected chi connectivity index (χ4v) is 0.951. The van der Waals surface area contributed by atoms with E-state index in [2.05, 4.69) is 0 Å². The molecule has 1 rings (SSSR count). The number of carbonyl (C=O) groups is 1. The number of hydrogen-bond acceptors (Lipinski definition) is 2. The Bertz CT molecular complexity index is 341. The van der Waals surface area contributed by atoms with Gasteiger partial charge in [0.05, 0.1) is 18.1 Å². The Balaban J connectivity index is 3.10. The van der Waals surface area contributed by atoms with Crippen LogP contribution in [-0.4, -0.2) is 6.04 Å². The number of nitrogens with zero attached hydrogens (tertiary/aromatic N) is 1. The predicted molar refractivity (Wildman–Crippen MR) is 41.2 cm³/mol. The van der Waals surface area contributed by atoms with E-state index in [-0.39, 0.29) is 12.0 Å². The molecule has 0 N–H and O–H groups in total. The fourth-order valence-electron chi connectivity index (χ4n) is 0.951. The highest BCUT2D eigenvalue weighted by Gasteiger charge is 2.08. The van der Waals surface area contributed by atoms with Crippen molar-refractivity contribution in [1.82, 2.24) is 0 Å². The number of hydrogen-bond donors (Lipinski definition) is 0. The summed E-state index contributed by atoms with van der Waals surface area (Å²) in [4.78, 5) is 10.4. The molecule has 0 radical (unpaired) electrons. The third kappa shape index (κ3) is 1.67. The van der Waals surface area contributed by atoms with E-state index in [0.29, 0.717) is 5.56 Å². The van der Waals surface area contributed by atoms with Gasteiger partial charge in [-0.15, -0.1) is 0 Å². The van der Waals surface area contributed by atoms with Gasteiger partial charge in [0.1, 0.15) is 0 Å². The average molecular weight is 163 g/mol. The number of rotatable bonds is 2. The van der Waals surface area contributed by atoms with E-state index in [1.807, 2.05) is 6.07 Å². The van der Waals surface area contributed by atoms with Crippen molar-refractivity contribution in [2.75, 3.05) is 0 Å². The minimum atomic E-state index is -1.49. The predicted octanol–water partition coefficient (Wildman–Crippen LogP) is 1.86. The summed E-state index contributed by atoms with van der Waals surface area (Å²) in [6, 6.07) is 6.54. The molecule has 0 bridgehead atoms. The lowest BCUT2D eigenvalue weighted by molar-refractivity contribution is 0.0835. The van der Waals surface area contributed by atoms with Crippen LogP contribution >= 0.6 is 0 Å². The van der Waals surface area contributed by atoms with E-state index >= 15 is 0 Å². The topological polar surface area (TPSA) is 40.9 Å². The van der Waals surface area contributed by atoms with Crippen LogP contribution in [0.1, 0.15) is 15.9 Å². The molecule has 0 aliphatic rings. The quantitative estimate of drug-likeness (QED) is 0.624. The maximum Gasteiger partial charge on any atom is 0.332 e. The van der Waals surface area contributed by atoms with Gasteiger partial charge in [0.2, 0.25) is 0 Å². The third-order valence-corrected chi connectivity index (χ3v) is 1.50. The van der Waals surface area contributed by atoms with Crippen molar-refractivity contribution in [3.63, 3.8) is 0 Å². The lowest BCUT2D eigenvalue weighted by atomic mass is 10.1. The second-order valence-electron chi connectivity index (χ2n) is 2.27. The first-order valence-electron chi connectivity index (χ1n) is 3.40. The molecule has 0 unspecified atom stereocenters. The summed E-state index contributed by atoms with van der Waals surface area (Å²) in [5.74, 6) is 0. The van der Waals surface area contributed by atoms with Crippen molar-refractivity contribution in [2.24, 2.45) is 0 Å². The zero-order valence-electron chi connectivity index (χ0n) is 6.25. The van der Waals surface area contributed by atoms with E-state index in [1.165, 1.54) is 6.07 Å². The van der Waals surface area contributed by atoms with E-state index in [0.717, 1.165) is 0 Å². The standard InChI is InChI=1S/C9H6FNO/c10-9(12)8-4-2-1-3-7(8)5-6-11/h1-4H,5H2. The van der Waals surface area contributed by atoms with Crippen molar-refractivity contribution < 1.29 is 9.18 Å². The molecule has 1 aromatic rings. The van der Waals surface area contributed by atoms with Crippen molar-refractivity contribution >= 4 is 6.04 Å². The summed E-state index contributed by atoms with van der Waals surface area (Å²) in [6.45, 7) is 0. The molecule has 0 spiro atoms. The molecule has 2 nitrogen and oxygen atoms in total. The zero-order valence-corrected chi connectivity index (χ0v) is 6.25. The van der Waals surface area contributed by atoms with Gasteiger partial charge in [0.15, 0.2) is 0 Å². The van der Waals surface area contributed by atoms with Crippen molar-refractivity contribution in [1.29, 1.82) is 5.26 Å². The second kappa shape index (κ2) is 3.63. The van der Waals surface area contributed by atoms with Gasteiger partial charge in [0, 0.05) is 0 Å². The number of nitriles is 1. The Morgan fingerprint density at radius 1 is 1.50 bits per heavy atom. The van der Waals surface area contributed by atoms with Crippen LogP contribution < -0.4 is 0 Å². The molecule has 1 aromatic carbocycles. The molecule has 0 saturated heterocycles. The van der Waals surface area contributed by atoms with Gasteiger partial charge < -0.3 is 0 Å². The van der Waals surface area contributed by atoms with Crippen LogP contribution in [0.3, 0.4) is 0 Å². The first-order chi connectivity index (χ1) is 5.75. The summed E-state index contributed by atoms with van der Waals surface area (Å²) in [7, 11) is 0. The van der Waals surface area contributed by atoms with E-state index in [1.54, 1.807) is 18.2 Å². The summed E-state index contributed by atoms with van der Waals surface area (Å²) in [5.41, 5.74) is 0.423. The number of benzene rings is 1. The lowest BCUT2D eigenvalue weighted by Gasteiger charge is -1.98. The van der Waals surface area contributed by atoms with Gasteiger partial charge in [0.25, 0.3) is 0 Å². The van der Waals surface area contributed by atoms with Gasteiger partial charge in [-0.25, -0.2) is 0 Å². The Hall–Kier alpha value is -1.69. The molecule has 0 saturated carbocycles. The maximum absolute atomic E-state index is 12.3. The van der Waals surface area contributed by atoms with Gasteiger partial charge in [-0.05, 0) is 11.6 Å². The monoisotopic (exact) mass is 163 g/mol. The molecule has 0 amide bonds. The van der Waals surface area contributed by atoms with Crippen LogP contribution in [-0.2, 0) is 6.42 Å². The summed E-state index contributed by atoms with van der Waals surface area (Å²) in [5, 5.41) is 8.34. The molecular formula is C9H6FNO. The first-order valence-corrected chi connectivity index (χ1v) is 3.40. The van der Waals surface area contributed by atoms with Crippen LogP contribution in [0.2, 0.25) is 0 Å². The van der Waals surface area contributed by atoms with Crippen LogP contribution in [0, 0.1) is 11.3 Å². The van der Waals surface area contributed by atoms with E-state index in [9.17, 15) is 9.18 Å². The Kier molecular flexibility index (Phi) is 2.54. The molecular weight excluding hydrogens is 157 g/mol. The van der Waals surface area contributed by atoms with Gasteiger partial charge in [-0.2, -0.15) is 9.65 Å². The zero-order chi connectivity index (χ0) is 8.97. The minimum absolute atomic E-state index is 0.0148. The fraction of sp³-hybridized carbons (Fsp3) is 0.111. The van der Waals surface area contributed by atoms with Gasteiger partial charge in [-0.3, -0.25) is 4.79 Å². The maximum atomic E-state index is 12.3. The molecule has 0 aliphatic heterocycles. The van der Waals surface area contributed by atoms with Crippen molar-refractivity contribution in [2.45, 2.75) is 6.42 Å². The molecule has 0 fully saturated rings. The lowest BCUT2D eigenvalue weighted by Crippen LogP contribution is -1.96. The minimum Gasteiger partial charge on any atom is -0.255 e. The normalized spacial score (nSPS) is 9.00. The highest BCUT2D eigenvalue weighted by molar-refractivity contribution is 5.90. The number of carbonyl (C=O) groups excluding carboxylic acids is 1. The summed E-state index contributed by atoms with van der Waals surface area (Å²) in [6.07, 6.45) is 0.0613. The molecule has 12 heavy (non-hydrogen) atoms. The second-order valence-corrected chi connectivity index (χ2v) is 2.27. The third-order valence-electron chi connectivity index (χ3n) is 1.50. The van der Waals surface area contributed by atoms with Crippen molar-refractivity contribution in [3.8, 4) is 6.07 Å². The van der Waals surface area contributed by atoms with Crippen LogP contribution in [0.5, 0.6) is 0 Å². The summed E-state index contributed by atoms with van der Waals surface area (Å²) >= 11 is 0. The first kappa shape index (κ1) is 8.41. The largest absolute Gasteiger partial charge is 0.332 e. The average Bonchev–Trinajstić information content (AvgIpc) is 2.05. The highest BCUT2D eigenvalue weighted by Crippen LogP contribution is 2.10. The molecule has 0 aliphatic carbocycles. The van der Waals surface area contributed by atoms with Crippen LogP contribution in [0.25, 0.3) is 0 Å². The smallest absolute Gasteiger partial charge is 0.255 e. The molecule has 0 aromatic heterocycles. The molecule has 0 heterocycles. The van der Waals surface area contributed by atoms with E-state index in [4.69, 9.17) is 5.26 Å². The van der Waals surface area contributed by atoms with Crippen LogP contribution in [0.15, 0.2) is 24.3 Å². The van der Waals surface area contributed by atoms with Gasteiger partial charge in [-0.1, -0.05) is 18.2 Å². The van der Waals surface area contributed by atoms with E-state index < -0.39 is 6.04 Å². The Morgan fingerprint density at radius 3 is 2.75 bits per heavy atom. The Morgan fingerprint density at radius 2 is 2.17 bits per heavy atom. The molecule has 60 valence electrons.